The molecule has 0 aliphatic rings. The molecule has 0 saturated carbocycles. The van der Waals surface area contributed by atoms with Crippen molar-refractivity contribution in [1.29, 1.82) is 5.41 Å². The maximum atomic E-state index is 12.2. The lowest BCUT2D eigenvalue weighted by Gasteiger charge is -2.17. The first-order valence-corrected chi connectivity index (χ1v) is 8.47. The van der Waals surface area contributed by atoms with E-state index in [2.05, 4.69) is 16.0 Å². The van der Waals surface area contributed by atoms with Crippen molar-refractivity contribution < 1.29 is 29.3 Å². The summed E-state index contributed by atoms with van der Waals surface area (Å²) >= 11 is 0. The Morgan fingerprint density at radius 1 is 1.25 bits per heavy atom. The number of carbonyl (C=O) groups excluding carboxylic acids is 2. The Morgan fingerprint density at radius 2 is 1.93 bits per heavy atom. The Bertz CT molecular complexity index is 737. The number of aromatic hydroxyl groups is 1. The number of carbonyl (C=O) groups is 3. The summed E-state index contributed by atoms with van der Waals surface area (Å²) in [5.41, 5.74) is 5.06. The molecule has 11 heteroatoms. The van der Waals surface area contributed by atoms with Crippen LogP contribution in [0.25, 0.3) is 0 Å². The minimum Gasteiger partial charge on any atom is -0.507 e. The van der Waals surface area contributed by atoms with E-state index in [9.17, 15) is 19.5 Å². The van der Waals surface area contributed by atoms with Crippen LogP contribution in [0.1, 0.15) is 24.2 Å². The fraction of sp³-hybridized carbons (Fsp3) is 0.412. The summed E-state index contributed by atoms with van der Waals surface area (Å²) in [7, 11) is 0. The number of carboxylic acid groups (broad SMARTS) is 1. The fourth-order valence-electron chi connectivity index (χ4n) is 1.98. The van der Waals surface area contributed by atoms with Crippen LogP contribution in [0.3, 0.4) is 0 Å². The molecule has 2 amide bonds. The predicted octanol–water partition coefficient (Wildman–Crippen LogP) is -0.791. The number of ether oxygens (including phenoxy) is 1. The molecule has 11 nitrogen and oxygen atoms in total. The summed E-state index contributed by atoms with van der Waals surface area (Å²) in [5.74, 6) is -3.10. The monoisotopic (exact) mass is 395 g/mol. The Morgan fingerprint density at radius 3 is 2.46 bits per heavy atom. The highest BCUT2D eigenvalue weighted by atomic mass is 16.5. The number of phenolic OH excluding ortho intramolecular Hbond substituents is 1. The van der Waals surface area contributed by atoms with E-state index >= 15 is 0 Å². The number of guanidine groups is 1. The van der Waals surface area contributed by atoms with Gasteiger partial charge in [0, 0.05) is 18.5 Å². The maximum absolute atomic E-state index is 12.2. The van der Waals surface area contributed by atoms with Crippen molar-refractivity contribution >= 4 is 23.7 Å². The first-order chi connectivity index (χ1) is 13.1. The first kappa shape index (κ1) is 22.5. The molecule has 1 atom stereocenters. The number of amides is 2. The number of benzene rings is 1. The zero-order valence-electron chi connectivity index (χ0n) is 15.6. The van der Waals surface area contributed by atoms with Crippen LogP contribution in [-0.4, -0.2) is 59.7 Å². The molecule has 0 radical (unpaired) electrons. The summed E-state index contributed by atoms with van der Waals surface area (Å²) in [6.07, 6.45) is 0. The third-order valence-electron chi connectivity index (χ3n) is 3.51. The van der Waals surface area contributed by atoms with Crippen molar-refractivity contribution in [3.05, 3.63) is 23.8 Å². The largest absolute Gasteiger partial charge is 0.507 e. The van der Waals surface area contributed by atoms with Crippen molar-refractivity contribution in [1.82, 2.24) is 16.0 Å². The number of carboxylic acids is 1. The van der Waals surface area contributed by atoms with Crippen LogP contribution in [0, 0.1) is 11.3 Å². The van der Waals surface area contributed by atoms with Crippen LogP contribution in [0.2, 0.25) is 0 Å². The Kier molecular flexibility index (Phi) is 8.53. The molecule has 0 aliphatic heterocycles. The number of hydrogen-bond donors (Lipinski definition) is 7. The Hall–Kier alpha value is -3.50. The van der Waals surface area contributed by atoms with Crippen LogP contribution in [-0.2, 0) is 9.59 Å². The van der Waals surface area contributed by atoms with Gasteiger partial charge in [0.15, 0.2) is 5.96 Å². The number of nitrogens with two attached hydrogens (primary N) is 1. The van der Waals surface area contributed by atoms with Gasteiger partial charge in [-0.15, -0.1) is 0 Å². The second kappa shape index (κ2) is 10.6. The minimum absolute atomic E-state index is 0.0754. The quantitative estimate of drug-likeness (QED) is 0.152. The van der Waals surface area contributed by atoms with Crippen molar-refractivity contribution in [2.75, 3.05) is 19.7 Å². The molecule has 1 rings (SSSR count). The van der Waals surface area contributed by atoms with Gasteiger partial charge in [0.1, 0.15) is 24.1 Å². The fourth-order valence-corrected chi connectivity index (χ4v) is 1.98. The molecule has 0 aliphatic carbocycles. The number of nitrogens with one attached hydrogen (secondary N) is 4. The van der Waals surface area contributed by atoms with E-state index in [1.165, 1.54) is 18.2 Å². The molecule has 8 N–H and O–H groups in total. The van der Waals surface area contributed by atoms with E-state index in [4.69, 9.17) is 21.0 Å². The van der Waals surface area contributed by atoms with Crippen molar-refractivity contribution in [2.45, 2.75) is 19.9 Å². The van der Waals surface area contributed by atoms with E-state index in [1.54, 1.807) is 13.8 Å². The molecule has 0 saturated heterocycles. The predicted molar refractivity (Wildman–Crippen MR) is 100 cm³/mol. The number of phenols is 1. The highest BCUT2D eigenvalue weighted by Gasteiger charge is 2.23. The molecular weight excluding hydrogens is 370 g/mol. The van der Waals surface area contributed by atoms with Crippen LogP contribution < -0.4 is 26.4 Å². The molecule has 154 valence electrons. The van der Waals surface area contributed by atoms with Gasteiger partial charge in [-0.2, -0.15) is 0 Å². The molecule has 0 bridgehead atoms. The van der Waals surface area contributed by atoms with Gasteiger partial charge in [0.05, 0.1) is 12.1 Å². The Balaban J connectivity index is 2.64. The lowest BCUT2D eigenvalue weighted by Crippen LogP contribution is -2.49. The standard InChI is InChI=1S/C17H25N5O6/c1-9(2)14(24)22-12(16(26)27)8-21-15(25)11-4-3-10(7-13(11)23)28-6-5-20-17(18)19/h3-4,7,9,12,23H,5-6,8H2,1-2H3,(H,21,25)(H,22,24)(H,26,27)(H4,18,19,20)/t12-/m0/s1. The minimum atomic E-state index is -1.29. The average molecular weight is 395 g/mol. The molecule has 1 aromatic carbocycles. The van der Waals surface area contributed by atoms with Gasteiger partial charge in [-0.1, -0.05) is 13.8 Å². The summed E-state index contributed by atoms with van der Waals surface area (Å²) in [6.45, 7) is 3.35. The second-order valence-electron chi connectivity index (χ2n) is 6.13. The van der Waals surface area contributed by atoms with E-state index < -0.39 is 29.7 Å². The van der Waals surface area contributed by atoms with Gasteiger partial charge in [-0.05, 0) is 12.1 Å². The summed E-state index contributed by atoms with van der Waals surface area (Å²) in [6, 6.07) is 2.72. The van der Waals surface area contributed by atoms with Crippen molar-refractivity contribution in [2.24, 2.45) is 11.7 Å². The van der Waals surface area contributed by atoms with Crippen LogP contribution in [0.15, 0.2) is 18.2 Å². The maximum Gasteiger partial charge on any atom is 0.328 e. The van der Waals surface area contributed by atoms with Crippen molar-refractivity contribution in [3.63, 3.8) is 0 Å². The molecule has 0 heterocycles. The molecule has 0 unspecified atom stereocenters. The second-order valence-corrected chi connectivity index (χ2v) is 6.13. The highest BCUT2D eigenvalue weighted by molar-refractivity contribution is 5.97. The third-order valence-corrected chi connectivity index (χ3v) is 3.51. The van der Waals surface area contributed by atoms with Gasteiger partial charge >= 0.3 is 5.97 Å². The van der Waals surface area contributed by atoms with E-state index in [1.807, 2.05) is 0 Å². The number of rotatable bonds is 10. The van der Waals surface area contributed by atoms with Gasteiger partial charge in [-0.25, -0.2) is 4.79 Å². The Labute approximate surface area is 161 Å². The van der Waals surface area contributed by atoms with Gasteiger partial charge in [0.25, 0.3) is 5.91 Å². The molecule has 1 aromatic rings. The average Bonchev–Trinajstić information content (AvgIpc) is 2.61. The van der Waals surface area contributed by atoms with Crippen LogP contribution in [0.4, 0.5) is 0 Å². The van der Waals surface area contributed by atoms with E-state index in [0.29, 0.717) is 5.75 Å². The molecule has 0 spiro atoms. The third kappa shape index (κ3) is 7.40. The summed E-state index contributed by atoms with van der Waals surface area (Å²) < 4.78 is 5.34. The zero-order valence-corrected chi connectivity index (χ0v) is 15.6. The summed E-state index contributed by atoms with van der Waals surface area (Å²) in [5, 5.41) is 33.4. The normalized spacial score (nSPS) is 11.4. The smallest absolute Gasteiger partial charge is 0.328 e. The number of hydrogen-bond acceptors (Lipinski definition) is 6. The topological polar surface area (TPSA) is 187 Å². The van der Waals surface area contributed by atoms with Gasteiger partial charge in [0.2, 0.25) is 5.91 Å². The first-order valence-electron chi connectivity index (χ1n) is 8.47. The van der Waals surface area contributed by atoms with Gasteiger partial charge < -0.3 is 36.6 Å². The lowest BCUT2D eigenvalue weighted by atomic mass is 10.1. The molecule has 0 fully saturated rings. The number of aliphatic carboxylic acids is 1. The van der Waals surface area contributed by atoms with E-state index in [-0.39, 0.29) is 37.0 Å². The SMILES string of the molecule is CC(C)C(=O)N[C@@H](CNC(=O)c1ccc(OCCNC(=N)N)cc1O)C(=O)O. The molecule has 0 aromatic heterocycles. The lowest BCUT2D eigenvalue weighted by molar-refractivity contribution is -0.142. The van der Waals surface area contributed by atoms with Crippen LogP contribution in [0.5, 0.6) is 11.5 Å². The highest BCUT2D eigenvalue weighted by Crippen LogP contribution is 2.23. The van der Waals surface area contributed by atoms with Crippen molar-refractivity contribution in [3.8, 4) is 11.5 Å². The summed E-state index contributed by atoms with van der Waals surface area (Å²) in [4.78, 5) is 35.1. The van der Waals surface area contributed by atoms with Gasteiger partial charge in [-0.3, -0.25) is 15.0 Å². The van der Waals surface area contributed by atoms with Crippen LogP contribution >= 0.6 is 0 Å². The van der Waals surface area contributed by atoms with E-state index in [0.717, 1.165) is 0 Å². The zero-order chi connectivity index (χ0) is 21.3. The molecular formula is C17H25N5O6. The molecule has 28 heavy (non-hydrogen) atoms.